The molecule has 0 bridgehead atoms. The lowest BCUT2D eigenvalue weighted by Crippen LogP contribution is -2.13. The maximum Gasteiger partial charge on any atom is 0.166 e. The minimum absolute atomic E-state index is 0.182. The van der Waals surface area contributed by atoms with Gasteiger partial charge in [-0.1, -0.05) is 0 Å². The second-order valence-electron chi connectivity index (χ2n) is 4.92. The van der Waals surface area contributed by atoms with Gasteiger partial charge in [0.2, 0.25) is 0 Å². The lowest BCUT2D eigenvalue weighted by molar-refractivity contribution is 0.0914. The van der Waals surface area contributed by atoms with Crippen LogP contribution in [0.4, 0.5) is 4.39 Å². The van der Waals surface area contributed by atoms with E-state index >= 15 is 0 Å². The van der Waals surface area contributed by atoms with E-state index in [-0.39, 0.29) is 17.5 Å². The van der Waals surface area contributed by atoms with Gasteiger partial charge in [-0.25, -0.2) is 4.39 Å². The molecular formula is C13H12BrFO. The van der Waals surface area contributed by atoms with Crippen molar-refractivity contribution >= 4 is 21.7 Å². The van der Waals surface area contributed by atoms with Crippen molar-refractivity contribution in [1.82, 2.24) is 0 Å². The van der Waals surface area contributed by atoms with Gasteiger partial charge in [0.25, 0.3) is 0 Å². The van der Waals surface area contributed by atoms with Crippen molar-refractivity contribution in [2.75, 3.05) is 0 Å². The van der Waals surface area contributed by atoms with Gasteiger partial charge < -0.3 is 0 Å². The van der Waals surface area contributed by atoms with Gasteiger partial charge >= 0.3 is 0 Å². The molecule has 0 amide bonds. The van der Waals surface area contributed by atoms with E-state index < -0.39 is 0 Å². The molecule has 2 aliphatic rings. The molecule has 16 heavy (non-hydrogen) atoms. The Morgan fingerprint density at radius 2 is 1.94 bits per heavy atom. The Morgan fingerprint density at radius 3 is 2.56 bits per heavy atom. The monoisotopic (exact) mass is 282 g/mol. The Morgan fingerprint density at radius 1 is 1.25 bits per heavy atom. The molecule has 1 aromatic carbocycles. The predicted molar refractivity (Wildman–Crippen MR) is 62.8 cm³/mol. The molecule has 0 saturated heterocycles. The van der Waals surface area contributed by atoms with Gasteiger partial charge in [-0.05, 0) is 65.2 Å². The Labute approximate surface area is 102 Å². The summed E-state index contributed by atoms with van der Waals surface area (Å²) in [4.78, 5) is 12.1. The Balaban J connectivity index is 1.80. The van der Waals surface area contributed by atoms with E-state index in [1.807, 2.05) is 0 Å². The topological polar surface area (TPSA) is 17.1 Å². The smallest absolute Gasteiger partial charge is 0.166 e. The molecular weight excluding hydrogens is 271 g/mol. The number of Topliss-reactive ketones (excluding diaryl/α,β-unsaturated/α-hetero) is 1. The van der Waals surface area contributed by atoms with E-state index in [1.165, 1.54) is 12.5 Å². The first-order valence-electron chi connectivity index (χ1n) is 5.64. The van der Waals surface area contributed by atoms with Crippen LogP contribution in [0.15, 0.2) is 22.7 Å². The summed E-state index contributed by atoms with van der Waals surface area (Å²) in [6, 6.07) is 4.54. The quantitative estimate of drug-likeness (QED) is 0.754. The van der Waals surface area contributed by atoms with Crippen LogP contribution in [0.2, 0.25) is 0 Å². The van der Waals surface area contributed by atoms with E-state index in [0.29, 0.717) is 10.0 Å². The first-order valence-corrected chi connectivity index (χ1v) is 6.43. The van der Waals surface area contributed by atoms with Gasteiger partial charge in [0, 0.05) is 11.5 Å². The maximum absolute atomic E-state index is 13.1. The second kappa shape index (κ2) is 3.66. The van der Waals surface area contributed by atoms with Crippen LogP contribution < -0.4 is 0 Å². The number of halogens is 2. The number of rotatable bonds is 2. The summed E-state index contributed by atoms with van der Waals surface area (Å²) in [6.45, 7) is 0. The number of hydrogen-bond acceptors (Lipinski definition) is 1. The lowest BCUT2D eigenvalue weighted by atomic mass is 9.93. The molecule has 2 unspecified atom stereocenters. The van der Waals surface area contributed by atoms with Crippen molar-refractivity contribution in [3.05, 3.63) is 34.1 Å². The number of carbonyl (C=O) groups excluding carboxylic acids is 1. The maximum atomic E-state index is 13.1. The molecule has 84 valence electrons. The zero-order chi connectivity index (χ0) is 11.3. The summed E-state index contributed by atoms with van der Waals surface area (Å²) in [5, 5.41) is 0. The number of ketones is 1. The molecule has 0 N–H and O–H groups in total. The standard InChI is InChI=1S/C13H12BrFO/c14-11-6-7(1-2-12(11)15)13(16)10-4-8-3-9(8)5-10/h1-2,6,8-10H,3-5H2. The number of hydrogen-bond donors (Lipinski definition) is 0. The van der Waals surface area contributed by atoms with E-state index in [0.717, 1.165) is 24.7 Å². The van der Waals surface area contributed by atoms with Crippen molar-refractivity contribution in [2.45, 2.75) is 19.3 Å². The zero-order valence-corrected chi connectivity index (χ0v) is 10.3. The molecule has 1 nitrogen and oxygen atoms in total. The minimum atomic E-state index is -0.314. The van der Waals surface area contributed by atoms with E-state index in [2.05, 4.69) is 15.9 Å². The molecule has 2 aliphatic carbocycles. The normalized spacial score (nSPS) is 31.2. The summed E-state index contributed by atoms with van der Waals surface area (Å²) in [6.07, 6.45) is 3.40. The van der Waals surface area contributed by atoms with Crippen LogP contribution in [0.1, 0.15) is 29.6 Å². The van der Waals surface area contributed by atoms with Crippen molar-refractivity contribution in [1.29, 1.82) is 0 Å². The third-order valence-electron chi connectivity index (χ3n) is 3.82. The average Bonchev–Trinajstić information content (AvgIpc) is 2.89. The Bertz CT molecular complexity index is 447. The van der Waals surface area contributed by atoms with Crippen LogP contribution in [0.5, 0.6) is 0 Å². The molecule has 2 fully saturated rings. The number of fused-ring (bicyclic) bond motifs is 1. The SMILES string of the molecule is O=C(c1ccc(F)c(Br)c1)C1CC2CC2C1. The fourth-order valence-corrected chi connectivity index (χ4v) is 3.19. The summed E-state index contributed by atoms with van der Waals surface area (Å²) >= 11 is 3.12. The molecule has 0 heterocycles. The number of carbonyl (C=O) groups is 1. The van der Waals surface area contributed by atoms with Crippen molar-refractivity contribution in [3.8, 4) is 0 Å². The van der Waals surface area contributed by atoms with Gasteiger partial charge in [0.15, 0.2) is 5.78 Å². The highest BCUT2D eigenvalue weighted by Crippen LogP contribution is 2.54. The van der Waals surface area contributed by atoms with Crippen LogP contribution in [0.25, 0.3) is 0 Å². The number of benzene rings is 1. The van der Waals surface area contributed by atoms with Gasteiger partial charge in [-0.2, -0.15) is 0 Å². The molecule has 0 aromatic heterocycles. The summed E-state index contributed by atoms with van der Waals surface area (Å²) < 4.78 is 13.4. The highest BCUT2D eigenvalue weighted by Gasteiger charge is 2.47. The summed E-state index contributed by atoms with van der Waals surface area (Å²) in [5.41, 5.74) is 0.638. The van der Waals surface area contributed by atoms with E-state index in [4.69, 9.17) is 0 Å². The minimum Gasteiger partial charge on any atom is -0.294 e. The molecule has 0 aliphatic heterocycles. The van der Waals surface area contributed by atoms with Crippen LogP contribution in [-0.4, -0.2) is 5.78 Å². The third kappa shape index (κ3) is 1.71. The van der Waals surface area contributed by atoms with Gasteiger partial charge in [-0.3, -0.25) is 4.79 Å². The fourth-order valence-electron chi connectivity index (χ4n) is 2.81. The Hall–Kier alpha value is -0.700. The molecule has 3 rings (SSSR count). The van der Waals surface area contributed by atoms with Gasteiger partial charge in [0.1, 0.15) is 5.82 Å². The molecule has 0 radical (unpaired) electrons. The molecule has 2 saturated carbocycles. The average molecular weight is 283 g/mol. The van der Waals surface area contributed by atoms with Crippen molar-refractivity contribution in [2.24, 2.45) is 17.8 Å². The van der Waals surface area contributed by atoms with E-state index in [1.54, 1.807) is 12.1 Å². The molecule has 2 atom stereocenters. The highest BCUT2D eigenvalue weighted by atomic mass is 79.9. The molecule has 0 spiro atoms. The molecule has 3 heteroatoms. The first-order chi connectivity index (χ1) is 7.65. The lowest BCUT2D eigenvalue weighted by Gasteiger charge is -2.10. The third-order valence-corrected chi connectivity index (χ3v) is 4.43. The fraction of sp³-hybridized carbons (Fsp3) is 0.462. The largest absolute Gasteiger partial charge is 0.294 e. The van der Waals surface area contributed by atoms with Crippen LogP contribution in [0.3, 0.4) is 0 Å². The van der Waals surface area contributed by atoms with Crippen molar-refractivity contribution in [3.63, 3.8) is 0 Å². The van der Waals surface area contributed by atoms with Crippen LogP contribution >= 0.6 is 15.9 Å². The van der Waals surface area contributed by atoms with Gasteiger partial charge in [-0.15, -0.1) is 0 Å². The predicted octanol–water partition coefficient (Wildman–Crippen LogP) is 3.82. The summed E-state index contributed by atoms with van der Waals surface area (Å²) in [5.74, 6) is 1.66. The van der Waals surface area contributed by atoms with E-state index in [9.17, 15) is 9.18 Å². The van der Waals surface area contributed by atoms with Crippen molar-refractivity contribution < 1.29 is 9.18 Å². The highest BCUT2D eigenvalue weighted by molar-refractivity contribution is 9.10. The zero-order valence-electron chi connectivity index (χ0n) is 8.75. The Kier molecular flexibility index (Phi) is 2.39. The van der Waals surface area contributed by atoms with Crippen LogP contribution in [0, 0.1) is 23.6 Å². The molecule has 1 aromatic rings. The first kappa shape index (κ1) is 10.5. The second-order valence-corrected chi connectivity index (χ2v) is 5.77. The summed E-state index contributed by atoms with van der Waals surface area (Å²) in [7, 11) is 0. The van der Waals surface area contributed by atoms with Gasteiger partial charge in [0.05, 0.1) is 4.47 Å². The van der Waals surface area contributed by atoms with Crippen LogP contribution in [-0.2, 0) is 0 Å².